The second-order valence-electron chi connectivity index (χ2n) is 4.99. The summed E-state index contributed by atoms with van der Waals surface area (Å²) in [6.07, 6.45) is 2.09. The van der Waals surface area contributed by atoms with E-state index in [1.165, 1.54) is 0 Å². The molecule has 0 bridgehead atoms. The van der Waals surface area contributed by atoms with Gasteiger partial charge in [-0.15, -0.1) is 0 Å². The Hall–Kier alpha value is -0.130. The number of piperidine rings is 1. The average Bonchev–Trinajstić information content (AvgIpc) is 2.17. The predicted molar refractivity (Wildman–Crippen MR) is 65.4 cm³/mol. The molecule has 0 amide bonds. The van der Waals surface area contributed by atoms with E-state index < -0.39 is 9.84 Å². The Labute approximate surface area is 98.7 Å². The molecule has 5 heteroatoms. The number of rotatable bonds is 5. The third-order valence-electron chi connectivity index (χ3n) is 3.09. The lowest BCUT2D eigenvalue weighted by atomic mass is 9.96. The first-order valence-corrected chi connectivity index (χ1v) is 7.63. The van der Waals surface area contributed by atoms with Crippen LogP contribution in [0.5, 0.6) is 0 Å². The molecule has 1 unspecified atom stereocenters. The van der Waals surface area contributed by atoms with Crippen LogP contribution < -0.4 is 5.32 Å². The Kier molecular flexibility index (Phi) is 4.76. The van der Waals surface area contributed by atoms with Crippen LogP contribution in [0.15, 0.2) is 0 Å². The summed E-state index contributed by atoms with van der Waals surface area (Å²) in [5, 5.41) is 2.96. The van der Waals surface area contributed by atoms with Crippen LogP contribution in [-0.2, 0) is 14.6 Å². The van der Waals surface area contributed by atoms with Gasteiger partial charge >= 0.3 is 0 Å². The monoisotopic (exact) mass is 249 g/mol. The zero-order valence-corrected chi connectivity index (χ0v) is 11.3. The molecule has 4 nitrogen and oxygen atoms in total. The molecule has 0 aromatic rings. The Morgan fingerprint density at radius 2 is 2.12 bits per heavy atom. The largest absolute Gasteiger partial charge is 0.373 e. The van der Waals surface area contributed by atoms with Gasteiger partial charge in [0.1, 0.15) is 0 Å². The number of ether oxygens (including phenoxy) is 1. The molecule has 96 valence electrons. The highest BCUT2D eigenvalue weighted by atomic mass is 32.2. The SMILES string of the molecule is CC(C)S(=O)(=O)CCOC1(C)CCCNC1. The van der Waals surface area contributed by atoms with E-state index in [4.69, 9.17) is 4.74 Å². The van der Waals surface area contributed by atoms with Gasteiger partial charge in [-0.3, -0.25) is 0 Å². The van der Waals surface area contributed by atoms with E-state index in [-0.39, 0.29) is 16.6 Å². The summed E-state index contributed by atoms with van der Waals surface area (Å²) >= 11 is 0. The van der Waals surface area contributed by atoms with Crippen molar-refractivity contribution < 1.29 is 13.2 Å². The van der Waals surface area contributed by atoms with Crippen LogP contribution in [0, 0.1) is 0 Å². The number of sulfone groups is 1. The molecule has 0 aromatic carbocycles. The highest BCUT2D eigenvalue weighted by molar-refractivity contribution is 7.91. The molecule has 1 N–H and O–H groups in total. The standard InChI is InChI=1S/C11H23NO3S/c1-10(2)16(13,14)8-7-15-11(3)5-4-6-12-9-11/h10,12H,4-9H2,1-3H3. The molecule has 0 radical (unpaired) electrons. The second-order valence-corrected chi connectivity index (χ2v) is 7.67. The molecule has 0 spiro atoms. The van der Waals surface area contributed by atoms with Crippen molar-refractivity contribution in [3.05, 3.63) is 0 Å². The lowest BCUT2D eigenvalue weighted by molar-refractivity contribution is -0.0391. The maximum Gasteiger partial charge on any atom is 0.154 e. The van der Waals surface area contributed by atoms with Gasteiger partial charge in [0.05, 0.1) is 23.2 Å². The molecule has 1 rings (SSSR count). The minimum atomic E-state index is -2.97. The Bertz CT molecular complexity index is 305. The maximum atomic E-state index is 11.6. The molecule has 0 saturated carbocycles. The molecule has 1 heterocycles. The highest BCUT2D eigenvalue weighted by Gasteiger charge is 2.28. The topological polar surface area (TPSA) is 55.4 Å². The van der Waals surface area contributed by atoms with Gasteiger partial charge in [-0.05, 0) is 40.2 Å². The second kappa shape index (κ2) is 5.47. The van der Waals surface area contributed by atoms with Crippen molar-refractivity contribution in [2.45, 2.75) is 44.5 Å². The smallest absolute Gasteiger partial charge is 0.154 e. The molecular formula is C11H23NO3S. The Morgan fingerprint density at radius 1 is 1.44 bits per heavy atom. The molecule has 1 fully saturated rings. The zero-order valence-electron chi connectivity index (χ0n) is 10.5. The van der Waals surface area contributed by atoms with Crippen LogP contribution in [0.25, 0.3) is 0 Å². The van der Waals surface area contributed by atoms with E-state index in [2.05, 4.69) is 5.32 Å². The van der Waals surface area contributed by atoms with Gasteiger partial charge in [-0.25, -0.2) is 8.42 Å². The lowest BCUT2D eigenvalue weighted by Gasteiger charge is -2.34. The van der Waals surface area contributed by atoms with Crippen molar-refractivity contribution in [2.24, 2.45) is 0 Å². The van der Waals surface area contributed by atoms with Crippen LogP contribution in [0.4, 0.5) is 0 Å². The fourth-order valence-electron chi connectivity index (χ4n) is 1.79. The molecule has 1 aliphatic rings. The van der Waals surface area contributed by atoms with Crippen molar-refractivity contribution in [1.82, 2.24) is 5.32 Å². The summed E-state index contributed by atoms with van der Waals surface area (Å²) in [6.45, 7) is 7.61. The van der Waals surface area contributed by atoms with E-state index >= 15 is 0 Å². The van der Waals surface area contributed by atoms with Gasteiger partial charge in [0, 0.05) is 6.54 Å². The summed E-state index contributed by atoms with van der Waals surface area (Å²) in [7, 11) is -2.97. The highest BCUT2D eigenvalue weighted by Crippen LogP contribution is 2.20. The van der Waals surface area contributed by atoms with E-state index in [1.807, 2.05) is 6.92 Å². The normalized spacial score (nSPS) is 27.2. The maximum absolute atomic E-state index is 11.6. The molecule has 1 aliphatic heterocycles. The zero-order chi connectivity index (χ0) is 12.2. The Balaban J connectivity index is 2.35. The van der Waals surface area contributed by atoms with Crippen LogP contribution in [0.1, 0.15) is 33.6 Å². The van der Waals surface area contributed by atoms with Crippen molar-refractivity contribution in [3.63, 3.8) is 0 Å². The molecular weight excluding hydrogens is 226 g/mol. The fraction of sp³-hybridized carbons (Fsp3) is 1.00. The van der Waals surface area contributed by atoms with E-state index in [9.17, 15) is 8.42 Å². The van der Waals surface area contributed by atoms with E-state index in [1.54, 1.807) is 13.8 Å². The first-order valence-electron chi connectivity index (χ1n) is 5.92. The summed E-state index contributed by atoms with van der Waals surface area (Å²) in [6, 6.07) is 0. The fourth-order valence-corrected chi connectivity index (χ4v) is 2.58. The van der Waals surface area contributed by atoms with Crippen molar-refractivity contribution in [3.8, 4) is 0 Å². The summed E-state index contributed by atoms with van der Waals surface area (Å²) in [4.78, 5) is 0. The molecule has 1 atom stereocenters. The minimum absolute atomic E-state index is 0.125. The van der Waals surface area contributed by atoms with Crippen molar-refractivity contribution >= 4 is 9.84 Å². The lowest BCUT2D eigenvalue weighted by Crippen LogP contribution is -2.46. The summed E-state index contributed by atoms with van der Waals surface area (Å²) < 4.78 is 28.9. The van der Waals surface area contributed by atoms with Gasteiger partial charge in [-0.2, -0.15) is 0 Å². The van der Waals surface area contributed by atoms with Gasteiger partial charge in [0.2, 0.25) is 0 Å². The molecule has 0 aliphatic carbocycles. The van der Waals surface area contributed by atoms with Crippen LogP contribution in [-0.4, -0.2) is 44.7 Å². The average molecular weight is 249 g/mol. The molecule has 1 saturated heterocycles. The summed E-state index contributed by atoms with van der Waals surface area (Å²) in [5.41, 5.74) is -0.190. The van der Waals surface area contributed by atoms with E-state index in [0.717, 1.165) is 25.9 Å². The Morgan fingerprint density at radius 3 is 2.62 bits per heavy atom. The predicted octanol–water partition coefficient (Wildman–Crippen LogP) is 0.968. The first-order chi connectivity index (χ1) is 7.36. The number of hydrogen-bond donors (Lipinski definition) is 1. The van der Waals surface area contributed by atoms with Crippen LogP contribution in [0.2, 0.25) is 0 Å². The van der Waals surface area contributed by atoms with Crippen LogP contribution in [0.3, 0.4) is 0 Å². The van der Waals surface area contributed by atoms with Gasteiger partial charge in [-0.1, -0.05) is 0 Å². The van der Waals surface area contributed by atoms with E-state index in [0.29, 0.717) is 6.61 Å². The quantitative estimate of drug-likeness (QED) is 0.789. The third-order valence-corrected chi connectivity index (χ3v) is 5.27. The van der Waals surface area contributed by atoms with Crippen molar-refractivity contribution in [1.29, 1.82) is 0 Å². The number of hydrogen-bond acceptors (Lipinski definition) is 4. The van der Waals surface area contributed by atoms with Gasteiger partial charge < -0.3 is 10.1 Å². The van der Waals surface area contributed by atoms with Gasteiger partial charge in [0.25, 0.3) is 0 Å². The minimum Gasteiger partial charge on any atom is -0.373 e. The molecule has 16 heavy (non-hydrogen) atoms. The number of nitrogens with one attached hydrogen (secondary N) is 1. The summed E-state index contributed by atoms with van der Waals surface area (Å²) in [5.74, 6) is 0.125. The molecule has 0 aromatic heterocycles. The van der Waals surface area contributed by atoms with Gasteiger partial charge in [0.15, 0.2) is 9.84 Å². The first kappa shape index (κ1) is 13.9. The third kappa shape index (κ3) is 4.03. The van der Waals surface area contributed by atoms with Crippen molar-refractivity contribution in [2.75, 3.05) is 25.4 Å². The van der Waals surface area contributed by atoms with Crippen LogP contribution >= 0.6 is 0 Å².